The number of rotatable bonds is 2. The van der Waals surface area contributed by atoms with Crippen LogP contribution in [0.15, 0.2) is 24.4 Å². The van der Waals surface area contributed by atoms with Crippen LogP contribution in [0.2, 0.25) is 0 Å². The number of hydrogen-bond acceptors (Lipinski definition) is 2. The van der Waals surface area contributed by atoms with Gasteiger partial charge in [-0.1, -0.05) is 20.3 Å². The van der Waals surface area contributed by atoms with E-state index in [1.54, 1.807) is 6.20 Å². The molecule has 1 aliphatic rings. The summed E-state index contributed by atoms with van der Waals surface area (Å²) in [4.78, 5) is 12.2. The first-order valence-electron chi connectivity index (χ1n) is 7.64. The van der Waals surface area contributed by atoms with E-state index in [0.717, 1.165) is 16.6 Å². The van der Waals surface area contributed by atoms with Crippen molar-refractivity contribution >= 4 is 22.6 Å². The summed E-state index contributed by atoms with van der Waals surface area (Å²) in [6.07, 6.45) is 5.40. The van der Waals surface area contributed by atoms with Gasteiger partial charge in [0.2, 0.25) is 0 Å². The molecule has 1 heterocycles. The van der Waals surface area contributed by atoms with Gasteiger partial charge in [0.05, 0.1) is 11.7 Å². The SMILES string of the molecule is CC1CCCC(C)C1NC(=O)Nc1ccc2[nH]ncc2c1. The summed E-state index contributed by atoms with van der Waals surface area (Å²) in [6, 6.07) is 5.86. The van der Waals surface area contributed by atoms with E-state index >= 15 is 0 Å². The number of amides is 2. The van der Waals surface area contributed by atoms with E-state index in [0.29, 0.717) is 11.8 Å². The number of hydrogen-bond donors (Lipinski definition) is 3. The molecule has 5 heteroatoms. The molecule has 0 radical (unpaired) electrons. The van der Waals surface area contributed by atoms with Gasteiger partial charge in [-0.05, 0) is 42.9 Å². The molecule has 2 unspecified atom stereocenters. The topological polar surface area (TPSA) is 69.8 Å². The van der Waals surface area contributed by atoms with Gasteiger partial charge in [0, 0.05) is 17.1 Å². The normalized spacial score (nSPS) is 25.7. The van der Waals surface area contributed by atoms with Crippen LogP contribution in [-0.4, -0.2) is 22.3 Å². The molecule has 1 fully saturated rings. The minimum absolute atomic E-state index is 0.122. The van der Waals surface area contributed by atoms with Crippen molar-refractivity contribution in [3.05, 3.63) is 24.4 Å². The lowest BCUT2D eigenvalue weighted by atomic mass is 9.79. The van der Waals surface area contributed by atoms with Gasteiger partial charge in [-0.2, -0.15) is 5.10 Å². The van der Waals surface area contributed by atoms with Crippen molar-refractivity contribution in [3.63, 3.8) is 0 Å². The number of aromatic amines is 1. The molecule has 0 aliphatic heterocycles. The maximum Gasteiger partial charge on any atom is 0.319 e. The molecule has 3 N–H and O–H groups in total. The Bertz CT molecular complexity index is 626. The fourth-order valence-corrected chi connectivity index (χ4v) is 3.31. The van der Waals surface area contributed by atoms with Crippen molar-refractivity contribution in [3.8, 4) is 0 Å². The highest BCUT2D eigenvalue weighted by atomic mass is 16.2. The van der Waals surface area contributed by atoms with E-state index in [1.807, 2.05) is 18.2 Å². The summed E-state index contributed by atoms with van der Waals surface area (Å²) >= 11 is 0. The molecule has 112 valence electrons. The molecule has 21 heavy (non-hydrogen) atoms. The lowest BCUT2D eigenvalue weighted by Gasteiger charge is -2.35. The third kappa shape index (κ3) is 3.01. The number of fused-ring (bicyclic) bond motifs is 1. The van der Waals surface area contributed by atoms with E-state index < -0.39 is 0 Å². The Labute approximate surface area is 124 Å². The second-order valence-electron chi connectivity index (χ2n) is 6.18. The minimum atomic E-state index is -0.122. The Morgan fingerprint density at radius 3 is 2.81 bits per heavy atom. The average Bonchev–Trinajstić information content (AvgIpc) is 2.90. The number of H-pyrrole nitrogens is 1. The summed E-state index contributed by atoms with van der Waals surface area (Å²) < 4.78 is 0. The molecule has 0 spiro atoms. The summed E-state index contributed by atoms with van der Waals surface area (Å²) in [5.41, 5.74) is 1.76. The predicted molar refractivity (Wildman–Crippen MR) is 84.2 cm³/mol. The lowest BCUT2D eigenvalue weighted by Crippen LogP contribution is -2.47. The highest BCUT2D eigenvalue weighted by Gasteiger charge is 2.28. The van der Waals surface area contributed by atoms with Gasteiger partial charge in [-0.25, -0.2) is 4.79 Å². The highest BCUT2D eigenvalue weighted by molar-refractivity contribution is 5.92. The Balaban J connectivity index is 1.65. The van der Waals surface area contributed by atoms with Crippen LogP contribution in [-0.2, 0) is 0 Å². The molecule has 2 amide bonds. The number of nitrogens with zero attached hydrogens (tertiary/aromatic N) is 1. The van der Waals surface area contributed by atoms with Gasteiger partial charge >= 0.3 is 6.03 Å². The van der Waals surface area contributed by atoms with E-state index in [2.05, 4.69) is 34.7 Å². The summed E-state index contributed by atoms with van der Waals surface area (Å²) in [6.45, 7) is 4.44. The largest absolute Gasteiger partial charge is 0.335 e. The Hall–Kier alpha value is -2.04. The lowest BCUT2D eigenvalue weighted by molar-refractivity contribution is 0.202. The van der Waals surface area contributed by atoms with Crippen molar-refractivity contribution in [2.24, 2.45) is 11.8 Å². The zero-order chi connectivity index (χ0) is 14.8. The summed E-state index contributed by atoms with van der Waals surface area (Å²) in [7, 11) is 0. The van der Waals surface area contributed by atoms with Gasteiger partial charge < -0.3 is 10.6 Å². The van der Waals surface area contributed by atoms with Crippen LogP contribution in [0.4, 0.5) is 10.5 Å². The van der Waals surface area contributed by atoms with Crippen molar-refractivity contribution in [1.29, 1.82) is 0 Å². The average molecular weight is 286 g/mol. The Morgan fingerprint density at radius 2 is 2.05 bits per heavy atom. The van der Waals surface area contributed by atoms with E-state index in [9.17, 15) is 4.79 Å². The minimum Gasteiger partial charge on any atom is -0.335 e. The standard InChI is InChI=1S/C16H22N4O/c1-10-4-3-5-11(2)15(10)19-16(21)18-13-6-7-14-12(8-13)9-17-20-14/h6-11,15H,3-5H2,1-2H3,(H,17,20)(H2,18,19,21). The van der Waals surface area contributed by atoms with Crippen LogP contribution in [0, 0.1) is 11.8 Å². The molecule has 1 saturated carbocycles. The first-order valence-corrected chi connectivity index (χ1v) is 7.64. The Morgan fingerprint density at radius 1 is 1.29 bits per heavy atom. The predicted octanol–water partition coefficient (Wildman–Crippen LogP) is 3.51. The van der Waals surface area contributed by atoms with Crippen LogP contribution in [0.25, 0.3) is 10.9 Å². The number of carbonyl (C=O) groups is 1. The summed E-state index contributed by atoms with van der Waals surface area (Å²) in [5, 5.41) is 13.9. The van der Waals surface area contributed by atoms with E-state index in [4.69, 9.17) is 0 Å². The molecule has 2 aromatic rings. The van der Waals surface area contributed by atoms with Gasteiger partial charge in [0.25, 0.3) is 0 Å². The molecule has 5 nitrogen and oxygen atoms in total. The van der Waals surface area contributed by atoms with Gasteiger partial charge in [0.1, 0.15) is 0 Å². The Kier molecular flexibility index (Phi) is 3.82. The van der Waals surface area contributed by atoms with Crippen molar-refractivity contribution in [2.75, 3.05) is 5.32 Å². The highest BCUT2D eigenvalue weighted by Crippen LogP contribution is 2.28. The maximum absolute atomic E-state index is 12.2. The van der Waals surface area contributed by atoms with E-state index in [1.165, 1.54) is 19.3 Å². The van der Waals surface area contributed by atoms with Crippen LogP contribution < -0.4 is 10.6 Å². The molecular weight excluding hydrogens is 264 g/mol. The van der Waals surface area contributed by atoms with Crippen molar-refractivity contribution in [1.82, 2.24) is 15.5 Å². The zero-order valence-electron chi connectivity index (χ0n) is 12.5. The van der Waals surface area contributed by atoms with E-state index in [-0.39, 0.29) is 12.1 Å². The van der Waals surface area contributed by atoms with Gasteiger partial charge in [-0.15, -0.1) is 0 Å². The second kappa shape index (κ2) is 5.76. The molecule has 1 aromatic carbocycles. The van der Waals surface area contributed by atoms with Crippen LogP contribution >= 0.6 is 0 Å². The van der Waals surface area contributed by atoms with Gasteiger partial charge in [-0.3, -0.25) is 5.10 Å². The quantitative estimate of drug-likeness (QED) is 0.790. The van der Waals surface area contributed by atoms with Gasteiger partial charge in [0.15, 0.2) is 0 Å². The molecule has 0 saturated heterocycles. The van der Waals surface area contributed by atoms with Crippen molar-refractivity contribution in [2.45, 2.75) is 39.2 Å². The zero-order valence-corrected chi connectivity index (χ0v) is 12.5. The van der Waals surface area contributed by atoms with Crippen LogP contribution in [0.5, 0.6) is 0 Å². The van der Waals surface area contributed by atoms with Crippen LogP contribution in [0.1, 0.15) is 33.1 Å². The molecular formula is C16H22N4O. The third-order valence-corrected chi connectivity index (χ3v) is 4.54. The first kappa shape index (κ1) is 13.9. The fourth-order valence-electron chi connectivity index (χ4n) is 3.31. The molecule has 3 rings (SSSR count). The van der Waals surface area contributed by atoms with Crippen molar-refractivity contribution < 1.29 is 4.79 Å². The molecule has 0 bridgehead atoms. The second-order valence-corrected chi connectivity index (χ2v) is 6.18. The molecule has 2 atom stereocenters. The maximum atomic E-state index is 12.2. The first-order chi connectivity index (χ1) is 10.1. The third-order valence-electron chi connectivity index (χ3n) is 4.54. The molecule has 1 aliphatic carbocycles. The summed E-state index contributed by atoms with van der Waals surface area (Å²) in [5.74, 6) is 1.08. The number of nitrogens with one attached hydrogen (secondary N) is 3. The number of urea groups is 1. The number of carbonyl (C=O) groups excluding carboxylic acids is 1. The number of benzene rings is 1. The monoisotopic (exact) mass is 286 g/mol. The van der Waals surface area contributed by atoms with Crippen LogP contribution in [0.3, 0.4) is 0 Å². The fraction of sp³-hybridized carbons (Fsp3) is 0.500. The number of aromatic nitrogens is 2. The molecule has 1 aromatic heterocycles. The smallest absolute Gasteiger partial charge is 0.319 e. The number of anilines is 1.